The van der Waals surface area contributed by atoms with Crippen LogP contribution in [-0.2, 0) is 104 Å². The molecule has 0 spiro atoms. The van der Waals surface area contributed by atoms with Crippen molar-refractivity contribution < 1.29 is 87.2 Å². The number of likely N-dealkylation sites (N-methyl/N-ethyl adjacent to an activating group) is 1. The lowest BCUT2D eigenvalue weighted by Crippen LogP contribution is -2.62. The van der Waals surface area contributed by atoms with Gasteiger partial charge in [0, 0.05) is 70.3 Å². The van der Waals surface area contributed by atoms with Crippen LogP contribution in [0.5, 0.6) is 17.2 Å². The van der Waals surface area contributed by atoms with Crippen LogP contribution in [0.4, 0.5) is 0 Å². The van der Waals surface area contributed by atoms with E-state index in [-0.39, 0.29) is 101 Å². The van der Waals surface area contributed by atoms with Crippen molar-refractivity contribution in [1.29, 1.82) is 10.8 Å². The lowest BCUT2D eigenvalue weighted by atomic mass is 10.0. The van der Waals surface area contributed by atoms with Gasteiger partial charge in [0.1, 0.15) is 83.7 Å². The first kappa shape index (κ1) is 93.9. The van der Waals surface area contributed by atoms with Gasteiger partial charge >= 0.3 is 0 Å². The molecule has 0 aromatic heterocycles. The summed E-state index contributed by atoms with van der Waals surface area (Å²) in [6.45, 7) is -0.700. The third-order valence-corrected chi connectivity index (χ3v) is 21.7. The Morgan fingerprint density at radius 1 is 0.508 bits per heavy atom. The maximum Gasteiger partial charge on any atom is 0.246 e. The maximum absolute atomic E-state index is 15.6. The van der Waals surface area contributed by atoms with Gasteiger partial charge in [-0.2, -0.15) is 0 Å². The molecule has 11 atom stereocenters. The number of nitrogens with one attached hydrogen (secondary N) is 14. The first-order valence-electron chi connectivity index (χ1n) is 38.4. The van der Waals surface area contributed by atoms with Crippen molar-refractivity contribution in [2.75, 3.05) is 44.7 Å². The van der Waals surface area contributed by atoms with Crippen LogP contribution in [0.15, 0.2) is 133 Å². The Morgan fingerprint density at radius 2 is 0.983 bits per heavy atom. The first-order chi connectivity index (χ1) is 57.2. The van der Waals surface area contributed by atoms with E-state index in [1.807, 2.05) is 0 Å². The number of likely N-dealkylation sites (tertiary alicyclic amines) is 1. The second-order valence-corrected chi connectivity index (χ2v) is 31.2. The zero-order valence-corrected chi connectivity index (χ0v) is 67.4. The zero-order valence-electron chi connectivity index (χ0n) is 65.8. The van der Waals surface area contributed by atoms with Crippen molar-refractivity contribution in [2.45, 2.75) is 156 Å². The second-order valence-electron chi connectivity index (χ2n) is 28.6. The highest BCUT2D eigenvalue weighted by Gasteiger charge is 2.42. The lowest BCUT2D eigenvalue weighted by Gasteiger charge is -2.31. The van der Waals surface area contributed by atoms with Gasteiger partial charge in [-0.1, -0.05) is 119 Å². The number of hydrogen-bond acceptors (Lipinski definition) is 22. The van der Waals surface area contributed by atoms with Crippen molar-refractivity contribution in [2.24, 2.45) is 28.7 Å². The number of primary amides is 3. The Morgan fingerprint density at radius 3 is 1.52 bits per heavy atom. The molecule has 41 heteroatoms. The summed E-state index contributed by atoms with van der Waals surface area (Å²) < 4.78 is 0. The van der Waals surface area contributed by atoms with Crippen LogP contribution < -0.4 is 92.5 Å². The number of guanidine groups is 2. The van der Waals surface area contributed by atoms with Crippen molar-refractivity contribution in [3.05, 3.63) is 161 Å². The fourth-order valence-corrected chi connectivity index (χ4v) is 15.3. The van der Waals surface area contributed by atoms with E-state index in [0.29, 0.717) is 27.8 Å². The third-order valence-electron chi connectivity index (χ3n) is 19.3. The fraction of sp³-hybridized carbons (Fsp3) is 0.405. The molecule has 0 unspecified atom stereocenters. The van der Waals surface area contributed by atoms with Crippen LogP contribution >= 0.6 is 21.6 Å². The van der Waals surface area contributed by atoms with Gasteiger partial charge in [0.25, 0.3) is 0 Å². The molecule has 27 N–H and O–H groups in total. The largest absolute Gasteiger partial charge is 0.508 e. The number of phenols is 3. The predicted octanol–water partition coefficient (Wildman–Crippen LogP) is -3.84. The molecule has 120 heavy (non-hydrogen) atoms. The average molecular weight is 1700 g/mol. The second kappa shape index (κ2) is 47.3. The smallest absolute Gasteiger partial charge is 0.246 e. The van der Waals surface area contributed by atoms with Crippen LogP contribution in [0.3, 0.4) is 0 Å². The normalized spacial score (nSPS) is 19.0. The molecule has 15 amide bonds. The summed E-state index contributed by atoms with van der Waals surface area (Å²) in [6.07, 6.45) is -3.44. The molecule has 7 rings (SSSR count). The van der Waals surface area contributed by atoms with E-state index in [0.717, 1.165) is 26.5 Å². The van der Waals surface area contributed by atoms with Crippen molar-refractivity contribution >= 4 is 122 Å². The summed E-state index contributed by atoms with van der Waals surface area (Å²) >= 11 is 0. The van der Waals surface area contributed by atoms with Crippen molar-refractivity contribution in [1.82, 2.24) is 73.6 Å². The molecule has 2 saturated heterocycles. The topological polar surface area (TPSA) is 645 Å². The van der Waals surface area contributed by atoms with Gasteiger partial charge in [-0.3, -0.25) is 82.7 Å². The number of benzene rings is 5. The molecule has 39 nitrogen and oxygen atoms in total. The molecular weight excluding hydrogens is 1600 g/mol. The van der Waals surface area contributed by atoms with Crippen LogP contribution in [0.25, 0.3) is 0 Å². The van der Waals surface area contributed by atoms with Gasteiger partial charge in [-0.05, 0) is 109 Å². The van der Waals surface area contributed by atoms with Gasteiger partial charge in [0.2, 0.25) is 88.6 Å². The van der Waals surface area contributed by atoms with Crippen LogP contribution in [0.1, 0.15) is 85.6 Å². The van der Waals surface area contributed by atoms with E-state index in [4.69, 9.17) is 39.5 Å². The van der Waals surface area contributed by atoms with Gasteiger partial charge in [0.15, 0.2) is 11.9 Å². The number of nitrogens with two attached hydrogens (primary N) is 5. The van der Waals surface area contributed by atoms with Crippen LogP contribution in [-0.4, -0.2) is 237 Å². The Bertz CT molecular complexity index is 4450. The molecule has 0 saturated carbocycles. The van der Waals surface area contributed by atoms with Gasteiger partial charge < -0.3 is 118 Å². The molecule has 2 fully saturated rings. The number of hydrogen-bond donors (Lipinski definition) is 22. The highest BCUT2D eigenvalue weighted by Crippen LogP contribution is 2.27. The molecule has 0 bridgehead atoms. The van der Waals surface area contributed by atoms with E-state index in [1.165, 1.54) is 72.6 Å². The number of rotatable bonds is 36. The Hall–Kier alpha value is -13.2. The Kier molecular flexibility index (Phi) is 37.0. The summed E-state index contributed by atoms with van der Waals surface area (Å²) in [5, 5.41) is 77.6. The summed E-state index contributed by atoms with van der Waals surface area (Å²) in [6, 6.07) is 15.6. The highest BCUT2D eigenvalue weighted by atomic mass is 33.1. The molecule has 2 heterocycles. The molecule has 2 aliphatic rings. The lowest BCUT2D eigenvalue weighted by molar-refractivity contribution is -0.142. The van der Waals surface area contributed by atoms with E-state index >= 15 is 24.0 Å². The first-order valence-corrected chi connectivity index (χ1v) is 40.9. The molecular formula is C79H103N21O18S2. The maximum atomic E-state index is 15.6. The van der Waals surface area contributed by atoms with Gasteiger partial charge in [-0.15, -0.1) is 0 Å². The Labute approximate surface area is 698 Å². The van der Waals surface area contributed by atoms with Crippen molar-refractivity contribution in [3.8, 4) is 17.2 Å². The monoisotopic (exact) mass is 1700 g/mol. The van der Waals surface area contributed by atoms with Crippen molar-refractivity contribution in [3.63, 3.8) is 0 Å². The zero-order chi connectivity index (χ0) is 87.5. The third kappa shape index (κ3) is 31.3. The van der Waals surface area contributed by atoms with E-state index < -0.39 is 211 Å². The number of carbonyl (C=O) groups excluding carboxylic acids is 15. The average Bonchev–Trinajstić information content (AvgIpc) is 1.54. The highest BCUT2D eigenvalue weighted by molar-refractivity contribution is 8.76. The molecule has 2 aliphatic heterocycles. The molecule has 0 radical (unpaired) electrons. The van der Waals surface area contributed by atoms with E-state index in [9.17, 15) is 63.3 Å². The van der Waals surface area contributed by atoms with Crippen LogP contribution in [0.2, 0.25) is 0 Å². The van der Waals surface area contributed by atoms with Crippen LogP contribution in [0, 0.1) is 10.8 Å². The standard InChI is InChI=1S/C79H103N21O18S2/c1-99(66(107)39-45-13-6-3-7-14-45)62(38-48-22-28-51(103)29-23-48)76(117)92-53(16-9-33-88-79(85)86)68(109)93-57(37-47-20-26-50(102)27-21-47)72(113)97-59-42-119-120-43-60(77(118)100-34-10-17-61(100)75(116)91-52(15-8-32-87-78(83)84)67(108)89-41-65(82)106)98-73(114)58(40-64(81)105)96-69(110)54(30-31-63(80)104)90-70(111)55(35-44-11-4-2-5-12-44)94-71(112)56(95-74(59)115)36-46-18-24-49(101)25-19-46/h2-7,11-14,18-29,52-62,101-103H,8-10,15-17,30-43H2,1H3,(H2,80,104)(H2,81,105)(H2,82,106)(H,89,108)(H,90,111)(H,91,116)(H,92,117)(H,93,109)(H,94,112)(H,95,115)(H,96,110)(H,97,113)(H,98,114)(H4,83,84,87)(H4,85,86,88)/t52-,53-,54-,55-,56-,57-,58-,59-,60-,61-,62+/m0/s1. The summed E-state index contributed by atoms with van der Waals surface area (Å²) in [5.41, 5.74) is 29.8. The quantitative estimate of drug-likeness (QED) is 0.00790. The summed E-state index contributed by atoms with van der Waals surface area (Å²) in [7, 11) is 3.00. The minimum atomic E-state index is -1.97. The van der Waals surface area contributed by atoms with Gasteiger partial charge in [0.05, 0.1) is 19.4 Å². The minimum Gasteiger partial charge on any atom is -0.508 e. The molecule has 5 aromatic rings. The molecule has 644 valence electrons. The number of amides is 15. The van der Waals surface area contributed by atoms with Gasteiger partial charge in [-0.25, -0.2) is 0 Å². The number of carbonyl (C=O) groups is 15. The fourth-order valence-electron chi connectivity index (χ4n) is 12.9. The number of phenolic OH excluding ortho intramolecular Hbond substituents is 3. The molecule has 0 aliphatic carbocycles. The van der Waals surface area contributed by atoms with E-state index in [2.05, 4.69) is 63.8 Å². The minimum absolute atomic E-state index is 0.00464. The number of aromatic hydroxyl groups is 3. The summed E-state index contributed by atoms with van der Waals surface area (Å²) in [5.74, 6) is -17.1. The number of nitrogens with zero attached hydrogens (tertiary/aromatic N) is 2. The predicted molar refractivity (Wildman–Crippen MR) is 442 cm³/mol. The molecule has 5 aromatic carbocycles. The summed E-state index contributed by atoms with van der Waals surface area (Å²) in [4.78, 5) is 218. The Balaban J connectivity index is 1.32. The van der Waals surface area contributed by atoms with E-state index in [1.54, 1.807) is 72.8 Å². The SMILES string of the molecule is CN(C(=O)Cc1ccccc1)[C@H](Cc1ccc(O)cc1)C(=O)N[C@@H](CCCNC(=N)N)C(=O)N[C@@H](Cc1ccc(O)cc1)C(=O)N[C@H]1CSSC[C@@H](C(=O)N2CCC[C@H]2C(=O)N[C@@H](CCCNC(=N)N)C(=O)NCC(N)=O)NC(=O)[C@H](CC(N)=O)NC(=O)[C@H](CCC(N)=O)NC(=O)[C@H](Cc2ccccc2)NC(=O)[C@H](Cc2ccc(O)cc2)NC1=O.